The van der Waals surface area contributed by atoms with Gasteiger partial charge in [0.1, 0.15) is 0 Å². The molecule has 1 unspecified atom stereocenters. The van der Waals surface area contributed by atoms with Gasteiger partial charge in [0.2, 0.25) is 0 Å². The summed E-state index contributed by atoms with van der Waals surface area (Å²) < 4.78 is 5.18. The quantitative estimate of drug-likeness (QED) is 0.0963. The van der Waals surface area contributed by atoms with E-state index in [0.717, 1.165) is 57.8 Å². The normalized spacial score (nSPS) is 19.7. The van der Waals surface area contributed by atoms with Crippen LogP contribution in [0, 0.1) is 17.8 Å². The molecule has 52 heavy (non-hydrogen) atoms. The second kappa shape index (κ2) is 19.4. The molecule has 5 N–H and O–H groups in total. The van der Waals surface area contributed by atoms with Crippen LogP contribution in [-0.4, -0.2) is 83.5 Å². The number of esters is 1. The molecule has 0 saturated heterocycles. The molecule has 2 aliphatic rings. The van der Waals surface area contributed by atoms with E-state index < -0.39 is 60.2 Å². The topological polar surface area (TPSA) is 168 Å². The molecule has 2 amide bonds. The summed E-state index contributed by atoms with van der Waals surface area (Å²) in [7, 11) is 1.64. The Balaban J connectivity index is 1.82. The maximum absolute atomic E-state index is 15.5. The third-order valence-corrected chi connectivity index (χ3v) is 14.2. The number of rotatable bonds is 17. The van der Waals surface area contributed by atoms with E-state index in [2.05, 4.69) is 15.3 Å². The number of anilines is 1. The molecule has 2 fully saturated rings. The fraction of sp³-hybridized carbons (Fsp3) is 0.675. The third kappa shape index (κ3) is 11.2. The Bertz CT molecular complexity index is 1440. The van der Waals surface area contributed by atoms with Gasteiger partial charge in [-0.25, -0.2) is 0 Å². The molecule has 1 heterocycles. The number of carbonyl (C=O) groups excluding carboxylic acids is 4. The predicted octanol–water partition coefficient (Wildman–Crippen LogP) is 5.22. The fourth-order valence-electron chi connectivity index (χ4n) is 8.02. The van der Waals surface area contributed by atoms with Gasteiger partial charge >= 0.3 is 318 Å². The van der Waals surface area contributed by atoms with Gasteiger partial charge in [-0.05, 0) is 0 Å². The van der Waals surface area contributed by atoms with Crippen LogP contribution in [0.1, 0.15) is 117 Å². The summed E-state index contributed by atoms with van der Waals surface area (Å²) >= 11 is -1.86. The molecule has 2 saturated carbocycles. The van der Waals surface area contributed by atoms with Crippen molar-refractivity contribution in [1.82, 2.24) is 15.3 Å². The molecule has 0 bridgehead atoms. The van der Waals surface area contributed by atoms with E-state index >= 15 is 4.79 Å². The summed E-state index contributed by atoms with van der Waals surface area (Å²) in [6, 6.07) is 7.60. The number of amides is 2. The first-order valence-corrected chi connectivity index (χ1v) is 21.6. The molecule has 2 aromatic rings. The predicted molar refractivity (Wildman–Crippen MR) is 205 cm³/mol. The SMILES string of the molecule is CNC(=O)[C@H](CC1CCCCC1)C[C@H](O)[C@H](CC1CCCCC1)[AsH]C(=O)[C@@](Cc1c[nH]cn1)(C(=O)OC(C)(C)C)N(C(=O)[C@H](C)N)c1ccccc1. The van der Waals surface area contributed by atoms with Crippen molar-refractivity contribution in [3.05, 3.63) is 48.5 Å². The Morgan fingerprint density at radius 3 is 2.12 bits per heavy atom. The number of ether oxygens (including phenoxy) is 1. The zero-order chi connectivity index (χ0) is 37.9. The van der Waals surface area contributed by atoms with Gasteiger partial charge in [0.05, 0.1) is 0 Å². The van der Waals surface area contributed by atoms with Crippen LogP contribution < -0.4 is 16.0 Å². The molecule has 0 radical (unpaired) electrons. The summed E-state index contributed by atoms with van der Waals surface area (Å²) in [4.78, 5) is 66.5. The van der Waals surface area contributed by atoms with Crippen LogP contribution in [0.4, 0.5) is 5.69 Å². The second-order valence-electron chi connectivity index (χ2n) is 16.1. The first-order valence-electron chi connectivity index (χ1n) is 19.3. The average Bonchev–Trinajstić information content (AvgIpc) is 3.63. The number of aromatic nitrogens is 2. The number of aromatic amines is 1. The molecule has 4 rings (SSSR count). The molecule has 6 atom stereocenters. The molecule has 11 nitrogen and oxygen atoms in total. The summed E-state index contributed by atoms with van der Waals surface area (Å²) in [5.41, 5.74) is 3.87. The van der Waals surface area contributed by atoms with Crippen LogP contribution in [0.5, 0.6) is 0 Å². The Kier molecular flexibility index (Phi) is 15.5. The number of nitrogens with one attached hydrogen (secondary N) is 2. The van der Waals surface area contributed by atoms with Crippen molar-refractivity contribution in [2.45, 2.75) is 146 Å². The van der Waals surface area contributed by atoms with Crippen molar-refractivity contribution >= 4 is 43.8 Å². The molecular formula is C40H62AsN5O6. The first kappa shape index (κ1) is 41.7. The van der Waals surface area contributed by atoms with E-state index in [9.17, 15) is 19.5 Å². The zero-order valence-corrected chi connectivity index (χ0v) is 34.0. The molecule has 2 aliphatic carbocycles. The van der Waals surface area contributed by atoms with Crippen molar-refractivity contribution in [2.75, 3.05) is 11.9 Å². The van der Waals surface area contributed by atoms with Gasteiger partial charge in [0, 0.05) is 0 Å². The molecule has 1 aromatic carbocycles. The molecule has 1 aromatic heterocycles. The first-order chi connectivity index (χ1) is 24.7. The number of nitrogens with zero attached hydrogens (tertiary/aromatic N) is 2. The molecule has 288 valence electrons. The molecule has 0 spiro atoms. The summed E-state index contributed by atoms with van der Waals surface area (Å²) in [6.45, 7) is 6.72. The number of aliphatic hydroxyl groups is 1. The van der Waals surface area contributed by atoms with Gasteiger partial charge in [0.25, 0.3) is 0 Å². The Hall–Kier alpha value is -3.01. The summed E-state index contributed by atoms with van der Waals surface area (Å²) in [5, 5.41) is 15.0. The summed E-state index contributed by atoms with van der Waals surface area (Å²) in [6.07, 6.45) is 14.5. The Morgan fingerprint density at radius 1 is 1.00 bits per heavy atom. The van der Waals surface area contributed by atoms with Crippen molar-refractivity contribution in [1.29, 1.82) is 0 Å². The van der Waals surface area contributed by atoms with Crippen LogP contribution in [0.3, 0.4) is 0 Å². The number of para-hydroxylation sites is 1. The van der Waals surface area contributed by atoms with E-state index in [1.54, 1.807) is 64.3 Å². The van der Waals surface area contributed by atoms with Crippen molar-refractivity contribution in [2.24, 2.45) is 23.5 Å². The van der Waals surface area contributed by atoms with Gasteiger partial charge in [-0.1, -0.05) is 0 Å². The fourth-order valence-corrected chi connectivity index (χ4v) is 11.5. The maximum atomic E-state index is 15.5. The van der Waals surface area contributed by atoms with E-state index in [1.165, 1.54) is 24.6 Å². The number of nitrogens with two attached hydrogens (primary N) is 1. The minimum absolute atomic E-state index is 0.0909. The van der Waals surface area contributed by atoms with E-state index in [4.69, 9.17) is 10.5 Å². The Labute approximate surface area is 316 Å². The van der Waals surface area contributed by atoms with E-state index in [0.29, 0.717) is 36.1 Å². The number of imidazole rings is 1. The van der Waals surface area contributed by atoms with Crippen LogP contribution >= 0.6 is 0 Å². The van der Waals surface area contributed by atoms with Crippen LogP contribution in [0.15, 0.2) is 42.9 Å². The Morgan fingerprint density at radius 2 is 1.60 bits per heavy atom. The number of aliphatic hydroxyl groups excluding tert-OH is 1. The van der Waals surface area contributed by atoms with Gasteiger partial charge < -0.3 is 0 Å². The third-order valence-electron chi connectivity index (χ3n) is 10.7. The van der Waals surface area contributed by atoms with Gasteiger partial charge in [-0.15, -0.1) is 0 Å². The monoisotopic (exact) mass is 783 g/mol. The average molecular weight is 784 g/mol. The summed E-state index contributed by atoms with van der Waals surface area (Å²) in [5.74, 6) is -1.20. The number of carbonyl (C=O) groups is 4. The van der Waals surface area contributed by atoms with Crippen LogP contribution in [0.25, 0.3) is 0 Å². The van der Waals surface area contributed by atoms with Crippen molar-refractivity contribution in [3.63, 3.8) is 0 Å². The molecular weight excluding hydrogens is 721 g/mol. The minimum atomic E-state index is -2.15. The number of hydrogen-bond acceptors (Lipinski definition) is 8. The van der Waals surface area contributed by atoms with Gasteiger partial charge in [-0.2, -0.15) is 0 Å². The molecule has 12 heteroatoms. The van der Waals surface area contributed by atoms with E-state index in [1.807, 2.05) is 0 Å². The standard InChI is InChI=1S/C40H62AsN5O6/c1-27(42)36(49)46(32-19-13-8-14-20-32)40(24-31-25-44-26-45-31,38(51)52-39(2,3)4)37(50)41-33(22-29-17-11-7-12-18-29)34(47)23-30(35(48)43-5)21-28-15-9-6-10-16-28/h8,13-14,19-20,25-30,33-34,41,47H,6-7,9-12,15-18,21-24,42H2,1-5H3,(H,43,48)(H,44,45)/t27-,30+,33-,34-,40-/m0/s1. The van der Waals surface area contributed by atoms with Crippen molar-refractivity contribution in [3.8, 4) is 0 Å². The number of benzene rings is 1. The van der Waals surface area contributed by atoms with E-state index in [-0.39, 0.29) is 24.7 Å². The second-order valence-corrected chi connectivity index (χ2v) is 19.2. The van der Waals surface area contributed by atoms with Crippen LogP contribution in [0.2, 0.25) is 4.71 Å². The number of hydrogen-bond donors (Lipinski definition) is 4. The van der Waals surface area contributed by atoms with Gasteiger partial charge in [0.15, 0.2) is 0 Å². The molecule has 0 aliphatic heterocycles. The van der Waals surface area contributed by atoms with Crippen LogP contribution in [-0.2, 0) is 30.3 Å². The zero-order valence-electron chi connectivity index (χ0n) is 31.9. The number of H-pyrrole nitrogens is 1. The van der Waals surface area contributed by atoms with Crippen molar-refractivity contribution < 1.29 is 29.0 Å². The van der Waals surface area contributed by atoms with Gasteiger partial charge in [-0.3, -0.25) is 0 Å².